The van der Waals surface area contributed by atoms with Crippen LogP contribution in [-0.4, -0.2) is 25.2 Å². The van der Waals surface area contributed by atoms with Gasteiger partial charge < -0.3 is 15.4 Å². The van der Waals surface area contributed by atoms with Crippen LogP contribution in [-0.2, 0) is 16.0 Å². The number of hydrogen-bond acceptors (Lipinski definition) is 3. The van der Waals surface area contributed by atoms with E-state index in [1.165, 1.54) is 5.56 Å². The van der Waals surface area contributed by atoms with Crippen molar-refractivity contribution in [1.82, 2.24) is 0 Å². The molecule has 0 bridgehead atoms. The molecule has 0 saturated heterocycles. The van der Waals surface area contributed by atoms with Gasteiger partial charge in [0.1, 0.15) is 5.60 Å². The zero-order valence-electron chi connectivity index (χ0n) is 12.1. The SMILES string of the molecule is CCC(C)(OC)C(=O)N1CCc2cc(C)c(N)cc21. The number of carbonyl (C=O) groups is 1. The zero-order valence-corrected chi connectivity index (χ0v) is 12.1. The summed E-state index contributed by atoms with van der Waals surface area (Å²) < 4.78 is 5.41. The molecule has 1 aliphatic heterocycles. The smallest absolute Gasteiger partial charge is 0.258 e. The van der Waals surface area contributed by atoms with Crippen LogP contribution in [0.15, 0.2) is 12.1 Å². The summed E-state index contributed by atoms with van der Waals surface area (Å²) in [4.78, 5) is 14.5. The Morgan fingerprint density at radius 2 is 2.21 bits per heavy atom. The number of amides is 1. The van der Waals surface area contributed by atoms with Crippen LogP contribution in [0.25, 0.3) is 0 Å². The second-order valence-corrected chi connectivity index (χ2v) is 5.33. The van der Waals surface area contributed by atoms with Crippen molar-refractivity contribution in [3.63, 3.8) is 0 Å². The Morgan fingerprint density at radius 3 is 2.79 bits per heavy atom. The van der Waals surface area contributed by atoms with Crippen LogP contribution in [0.5, 0.6) is 0 Å². The molecule has 1 amide bonds. The fourth-order valence-electron chi connectivity index (χ4n) is 2.46. The molecule has 1 aromatic carbocycles. The first-order valence-corrected chi connectivity index (χ1v) is 6.69. The van der Waals surface area contributed by atoms with Crippen molar-refractivity contribution in [2.45, 2.75) is 39.2 Å². The highest BCUT2D eigenvalue weighted by Gasteiger charge is 2.38. The summed E-state index contributed by atoms with van der Waals surface area (Å²) in [5, 5.41) is 0. The Labute approximate surface area is 114 Å². The number of carbonyl (C=O) groups excluding carboxylic acids is 1. The van der Waals surface area contributed by atoms with Gasteiger partial charge in [-0.3, -0.25) is 4.79 Å². The lowest BCUT2D eigenvalue weighted by atomic mass is 10.0. The van der Waals surface area contributed by atoms with Crippen LogP contribution in [0, 0.1) is 6.92 Å². The van der Waals surface area contributed by atoms with Gasteiger partial charge in [-0.05, 0) is 43.9 Å². The van der Waals surface area contributed by atoms with Gasteiger partial charge in [0.2, 0.25) is 0 Å². The highest BCUT2D eigenvalue weighted by atomic mass is 16.5. The number of anilines is 2. The molecule has 0 radical (unpaired) electrons. The molecular formula is C15H22N2O2. The molecular weight excluding hydrogens is 240 g/mol. The van der Waals surface area contributed by atoms with Crippen LogP contribution in [0.1, 0.15) is 31.4 Å². The number of nitrogens with two attached hydrogens (primary N) is 1. The number of fused-ring (bicyclic) bond motifs is 1. The standard InChI is InChI=1S/C15H22N2O2/c1-5-15(3,19-4)14(18)17-7-6-11-8-10(2)12(16)9-13(11)17/h8-9H,5-7,16H2,1-4H3. The normalized spacial score (nSPS) is 17.2. The quantitative estimate of drug-likeness (QED) is 0.850. The molecule has 1 atom stereocenters. The molecule has 1 aromatic rings. The van der Waals surface area contributed by atoms with E-state index in [-0.39, 0.29) is 5.91 Å². The fraction of sp³-hybridized carbons (Fsp3) is 0.533. The van der Waals surface area contributed by atoms with E-state index in [0.29, 0.717) is 13.0 Å². The van der Waals surface area contributed by atoms with Gasteiger partial charge in [0.25, 0.3) is 5.91 Å². The van der Waals surface area contributed by atoms with E-state index in [0.717, 1.165) is 23.4 Å². The molecule has 4 heteroatoms. The first kappa shape index (κ1) is 13.9. The van der Waals surface area contributed by atoms with Gasteiger partial charge in [-0.15, -0.1) is 0 Å². The van der Waals surface area contributed by atoms with Crippen molar-refractivity contribution in [2.75, 3.05) is 24.3 Å². The third-order valence-corrected chi connectivity index (χ3v) is 4.19. The largest absolute Gasteiger partial charge is 0.398 e. The van der Waals surface area contributed by atoms with Crippen LogP contribution in [0.2, 0.25) is 0 Å². The second kappa shape index (κ2) is 4.85. The summed E-state index contributed by atoms with van der Waals surface area (Å²) in [6.07, 6.45) is 1.53. The van der Waals surface area contributed by atoms with Gasteiger partial charge >= 0.3 is 0 Å². The molecule has 19 heavy (non-hydrogen) atoms. The van der Waals surface area contributed by atoms with Gasteiger partial charge in [-0.25, -0.2) is 0 Å². The number of nitrogen functional groups attached to an aromatic ring is 1. The van der Waals surface area contributed by atoms with E-state index >= 15 is 0 Å². The molecule has 4 nitrogen and oxygen atoms in total. The number of aryl methyl sites for hydroxylation is 1. The molecule has 0 fully saturated rings. The maximum absolute atomic E-state index is 12.6. The molecule has 0 saturated carbocycles. The van der Waals surface area contributed by atoms with Gasteiger partial charge in [-0.1, -0.05) is 13.0 Å². The van der Waals surface area contributed by atoms with Crippen LogP contribution in [0.4, 0.5) is 11.4 Å². The minimum Gasteiger partial charge on any atom is -0.398 e. The number of ether oxygens (including phenoxy) is 1. The number of hydrogen-bond donors (Lipinski definition) is 1. The lowest BCUT2D eigenvalue weighted by Gasteiger charge is -2.30. The lowest BCUT2D eigenvalue weighted by Crippen LogP contribution is -2.47. The molecule has 0 aromatic heterocycles. The predicted molar refractivity (Wildman–Crippen MR) is 77.4 cm³/mol. The molecule has 104 valence electrons. The molecule has 0 aliphatic carbocycles. The Morgan fingerprint density at radius 1 is 1.53 bits per heavy atom. The van der Waals surface area contributed by atoms with Crippen molar-refractivity contribution < 1.29 is 9.53 Å². The topological polar surface area (TPSA) is 55.6 Å². The maximum Gasteiger partial charge on any atom is 0.258 e. The van der Waals surface area contributed by atoms with Gasteiger partial charge in [-0.2, -0.15) is 0 Å². The number of rotatable bonds is 3. The minimum absolute atomic E-state index is 0.0134. The average molecular weight is 262 g/mol. The summed E-state index contributed by atoms with van der Waals surface area (Å²) in [5.74, 6) is 0.0134. The number of nitrogens with zero attached hydrogens (tertiary/aromatic N) is 1. The van der Waals surface area contributed by atoms with Crippen molar-refractivity contribution in [2.24, 2.45) is 0 Å². The molecule has 0 spiro atoms. The summed E-state index contributed by atoms with van der Waals surface area (Å²) >= 11 is 0. The molecule has 2 rings (SSSR count). The fourth-order valence-corrected chi connectivity index (χ4v) is 2.46. The van der Waals surface area contributed by atoms with E-state index in [1.807, 2.05) is 26.8 Å². The highest BCUT2D eigenvalue weighted by Crippen LogP contribution is 2.34. The van der Waals surface area contributed by atoms with Gasteiger partial charge in [0.15, 0.2) is 0 Å². The van der Waals surface area contributed by atoms with Crippen LogP contribution in [0.3, 0.4) is 0 Å². The monoisotopic (exact) mass is 262 g/mol. The first-order valence-electron chi connectivity index (χ1n) is 6.69. The van der Waals surface area contributed by atoms with Crippen molar-refractivity contribution in [3.8, 4) is 0 Å². The summed E-state index contributed by atoms with van der Waals surface area (Å²) in [6, 6.07) is 3.98. The Balaban J connectivity index is 2.37. The number of methoxy groups -OCH3 is 1. The third kappa shape index (κ3) is 2.21. The van der Waals surface area contributed by atoms with E-state index < -0.39 is 5.60 Å². The van der Waals surface area contributed by atoms with E-state index in [9.17, 15) is 4.79 Å². The molecule has 2 N–H and O–H groups in total. The van der Waals surface area contributed by atoms with Gasteiger partial charge in [0, 0.05) is 25.0 Å². The Hall–Kier alpha value is -1.55. The first-order chi connectivity index (χ1) is 8.92. The summed E-state index contributed by atoms with van der Waals surface area (Å²) in [7, 11) is 1.59. The van der Waals surface area contributed by atoms with Crippen LogP contribution >= 0.6 is 0 Å². The maximum atomic E-state index is 12.6. The second-order valence-electron chi connectivity index (χ2n) is 5.33. The third-order valence-electron chi connectivity index (χ3n) is 4.19. The number of benzene rings is 1. The van der Waals surface area contributed by atoms with E-state index in [4.69, 9.17) is 10.5 Å². The van der Waals surface area contributed by atoms with Crippen molar-refractivity contribution in [1.29, 1.82) is 0 Å². The average Bonchev–Trinajstić information content (AvgIpc) is 2.80. The summed E-state index contributed by atoms with van der Waals surface area (Å²) in [5.41, 5.74) is 9.12. The minimum atomic E-state index is -0.763. The molecule has 1 unspecified atom stereocenters. The van der Waals surface area contributed by atoms with Gasteiger partial charge in [0.05, 0.1) is 0 Å². The molecule has 1 aliphatic rings. The lowest BCUT2D eigenvalue weighted by molar-refractivity contribution is -0.138. The molecule has 1 heterocycles. The predicted octanol–water partition coefficient (Wildman–Crippen LogP) is 2.28. The summed E-state index contributed by atoms with van der Waals surface area (Å²) in [6.45, 7) is 6.49. The van der Waals surface area contributed by atoms with E-state index in [1.54, 1.807) is 12.0 Å². The Kier molecular flexibility index (Phi) is 3.54. The van der Waals surface area contributed by atoms with Crippen molar-refractivity contribution in [3.05, 3.63) is 23.3 Å². The van der Waals surface area contributed by atoms with E-state index in [2.05, 4.69) is 6.07 Å². The zero-order chi connectivity index (χ0) is 14.2. The Bertz CT molecular complexity index is 507. The van der Waals surface area contributed by atoms with Crippen LogP contribution < -0.4 is 10.6 Å². The van der Waals surface area contributed by atoms with Crippen molar-refractivity contribution >= 4 is 17.3 Å². The highest BCUT2D eigenvalue weighted by molar-refractivity contribution is 6.01.